The molecule has 5 N–H and O–H groups in total. The maximum absolute atomic E-state index is 11.7. The molecule has 2 heterocycles. The molecule has 1 fully saturated rings. The Bertz CT molecular complexity index is 1120. The van der Waals surface area contributed by atoms with E-state index in [0.29, 0.717) is 0 Å². The summed E-state index contributed by atoms with van der Waals surface area (Å²) in [4.78, 5) is 12.9. The minimum atomic E-state index is -0.834. The van der Waals surface area contributed by atoms with Crippen LogP contribution in [0.25, 0.3) is 10.1 Å². The number of aliphatic carboxylic acids is 1. The van der Waals surface area contributed by atoms with Crippen LogP contribution < -0.4 is 15.8 Å². The van der Waals surface area contributed by atoms with Crippen LogP contribution in [0.15, 0.2) is 42.5 Å². The average molecular weight is 438 g/mol. The Labute approximate surface area is 185 Å². The van der Waals surface area contributed by atoms with Crippen LogP contribution in [0.3, 0.4) is 0 Å². The third-order valence-corrected chi connectivity index (χ3v) is 6.97. The average Bonchev–Trinajstić information content (AvgIpc) is 3.40. The van der Waals surface area contributed by atoms with Crippen LogP contribution in [0.5, 0.6) is 5.75 Å². The van der Waals surface area contributed by atoms with Gasteiger partial charge in [0.15, 0.2) is 0 Å². The van der Waals surface area contributed by atoms with Crippen LogP contribution in [0.1, 0.15) is 40.8 Å². The van der Waals surface area contributed by atoms with Crippen molar-refractivity contribution >= 4 is 33.2 Å². The highest BCUT2D eigenvalue weighted by Gasteiger charge is 2.21. The number of ether oxygens (including phenoxy) is 1. The summed E-state index contributed by atoms with van der Waals surface area (Å²) in [5, 5.41) is 21.6. The largest absolute Gasteiger partial charge is 0.489 e. The van der Waals surface area contributed by atoms with Crippen molar-refractivity contribution in [2.75, 3.05) is 13.1 Å². The summed E-state index contributed by atoms with van der Waals surface area (Å²) in [6, 6.07) is 13.8. The molecule has 1 aliphatic rings. The highest BCUT2D eigenvalue weighted by atomic mass is 32.1. The SMILES string of the molecule is CC(C(=O)O)c1cc(O[C@H]2CCNC2)ccc1CCc1cc2cc(C(=N)N)ccc2s1. The van der Waals surface area contributed by atoms with E-state index in [1.54, 1.807) is 18.3 Å². The van der Waals surface area contributed by atoms with Crippen LogP contribution in [0.4, 0.5) is 0 Å². The first-order valence-electron chi connectivity index (χ1n) is 10.5. The van der Waals surface area contributed by atoms with Crippen molar-refractivity contribution in [1.29, 1.82) is 5.41 Å². The molecule has 1 unspecified atom stereocenters. The van der Waals surface area contributed by atoms with Gasteiger partial charge in [0.1, 0.15) is 17.7 Å². The number of nitrogen functional groups attached to an aromatic ring is 1. The first-order valence-corrected chi connectivity index (χ1v) is 11.3. The molecule has 0 bridgehead atoms. The van der Waals surface area contributed by atoms with Gasteiger partial charge in [0.05, 0.1) is 5.92 Å². The molecule has 4 rings (SSSR count). The van der Waals surface area contributed by atoms with Gasteiger partial charge in [-0.2, -0.15) is 0 Å². The van der Waals surface area contributed by atoms with Crippen molar-refractivity contribution < 1.29 is 14.6 Å². The molecular formula is C24H27N3O3S. The van der Waals surface area contributed by atoms with Gasteiger partial charge in [-0.1, -0.05) is 6.07 Å². The third kappa shape index (κ3) is 4.89. The van der Waals surface area contributed by atoms with E-state index in [9.17, 15) is 9.90 Å². The minimum Gasteiger partial charge on any atom is -0.489 e. The van der Waals surface area contributed by atoms with Crippen LogP contribution in [0, 0.1) is 5.41 Å². The number of carboxylic acids is 1. The number of nitrogens with one attached hydrogen (secondary N) is 2. The molecule has 0 amide bonds. The summed E-state index contributed by atoms with van der Waals surface area (Å²) >= 11 is 1.72. The maximum Gasteiger partial charge on any atom is 0.310 e. The smallest absolute Gasteiger partial charge is 0.310 e. The zero-order valence-electron chi connectivity index (χ0n) is 17.5. The summed E-state index contributed by atoms with van der Waals surface area (Å²) < 4.78 is 7.21. The van der Waals surface area contributed by atoms with Gasteiger partial charge in [0.25, 0.3) is 0 Å². The minimum absolute atomic E-state index is 0.0673. The van der Waals surface area contributed by atoms with Crippen molar-refractivity contribution in [3.05, 3.63) is 64.0 Å². The van der Waals surface area contributed by atoms with Crippen molar-refractivity contribution in [3.63, 3.8) is 0 Å². The Morgan fingerprint density at radius 2 is 2.13 bits per heavy atom. The lowest BCUT2D eigenvalue weighted by atomic mass is 9.92. The second-order valence-corrected chi connectivity index (χ2v) is 9.20. The zero-order chi connectivity index (χ0) is 22.0. The predicted molar refractivity (Wildman–Crippen MR) is 125 cm³/mol. The number of hydrogen-bond acceptors (Lipinski definition) is 5. The van der Waals surface area contributed by atoms with Crippen molar-refractivity contribution in [2.45, 2.75) is 38.2 Å². The van der Waals surface area contributed by atoms with Crippen molar-refractivity contribution in [2.24, 2.45) is 5.73 Å². The fourth-order valence-corrected chi connectivity index (χ4v) is 5.02. The molecule has 1 aromatic heterocycles. The molecule has 31 heavy (non-hydrogen) atoms. The van der Waals surface area contributed by atoms with Gasteiger partial charge in [0, 0.05) is 21.7 Å². The number of thiophene rings is 1. The molecule has 7 heteroatoms. The second-order valence-electron chi connectivity index (χ2n) is 8.03. The van der Waals surface area contributed by atoms with Crippen LogP contribution >= 0.6 is 11.3 Å². The first kappa shape index (κ1) is 21.3. The number of carboxylic acid groups (broad SMARTS) is 1. The molecule has 0 radical (unpaired) electrons. The van der Waals surface area contributed by atoms with Gasteiger partial charge in [-0.05, 0) is 85.6 Å². The third-order valence-electron chi connectivity index (χ3n) is 5.79. The second kappa shape index (κ2) is 9.08. The number of aryl methyl sites for hydroxylation is 2. The monoisotopic (exact) mass is 437 g/mol. The molecule has 0 aliphatic carbocycles. The molecule has 1 aliphatic heterocycles. The number of benzene rings is 2. The number of hydrogen-bond donors (Lipinski definition) is 4. The van der Waals surface area contributed by atoms with E-state index in [2.05, 4.69) is 11.4 Å². The summed E-state index contributed by atoms with van der Waals surface area (Å²) in [5.41, 5.74) is 8.18. The highest BCUT2D eigenvalue weighted by Crippen LogP contribution is 2.30. The number of amidine groups is 1. The molecule has 2 aromatic carbocycles. The van der Waals surface area contributed by atoms with Crippen LogP contribution in [-0.4, -0.2) is 36.1 Å². The Kier molecular flexibility index (Phi) is 6.25. The number of rotatable bonds is 8. The van der Waals surface area contributed by atoms with E-state index in [4.69, 9.17) is 15.9 Å². The lowest BCUT2D eigenvalue weighted by molar-refractivity contribution is -0.138. The van der Waals surface area contributed by atoms with Gasteiger partial charge in [0.2, 0.25) is 0 Å². The fourth-order valence-electron chi connectivity index (χ4n) is 3.98. The highest BCUT2D eigenvalue weighted by molar-refractivity contribution is 7.19. The van der Waals surface area contributed by atoms with E-state index in [0.717, 1.165) is 64.9 Å². The maximum atomic E-state index is 11.7. The molecule has 2 atom stereocenters. The lowest BCUT2D eigenvalue weighted by Gasteiger charge is -2.18. The first-order chi connectivity index (χ1) is 14.9. The Morgan fingerprint density at radius 1 is 1.29 bits per heavy atom. The lowest BCUT2D eigenvalue weighted by Crippen LogP contribution is -2.20. The van der Waals surface area contributed by atoms with Gasteiger partial charge in [-0.25, -0.2) is 0 Å². The zero-order valence-corrected chi connectivity index (χ0v) is 18.3. The van der Waals surface area contributed by atoms with Gasteiger partial charge >= 0.3 is 5.97 Å². The van der Waals surface area contributed by atoms with Crippen LogP contribution in [0.2, 0.25) is 0 Å². The summed E-state index contributed by atoms with van der Waals surface area (Å²) in [6.45, 7) is 3.50. The van der Waals surface area contributed by atoms with Gasteiger partial charge in [-0.3, -0.25) is 10.2 Å². The fraction of sp³-hybridized carbons (Fsp3) is 0.333. The van der Waals surface area contributed by atoms with Crippen molar-refractivity contribution in [1.82, 2.24) is 5.32 Å². The number of carbonyl (C=O) groups is 1. The molecule has 6 nitrogen and oxygen atoms in total. The molecule has 1 saturated heterocycles. The topological polar surface area (TPSA) is 108 Å². The molecule has 0 spiro atoms. The molecule has 0 saturated carbocycles. The van der Waals surface area contributed by atoms with E-state index in [1.165, 1.54) is 4.88 Å². The Balaban J connectivity index is 1.54. The summed E-state index contributed by atoms with van der Waals surface area (Å²) in [6.07, 6.45) is 2.67. The normalized spacial score (nSPS) is 17.0. The standard InChI is InChI=1S/C24H27N3O3S/c1-14(24(28)29)21-12-18(30-19-8-9-27-13-19)5-2-15(21)3-6-20-11-17-10-16(23(25)26)4-7-22(17)31-20/h2,4-5,7,10-12,14,19,27H,3,6,8-9,13H2,1H3,(H3,25,26)(H,28,29)/t14?,19-/m0/s1. The summed E-state index contributed by atoms with van der Waals surface area (Å²) in [7, 11) is 0. The van der Waals surface area contributed by atoms with E-state index in [-0.39, 0.29) is 11.9 Å². The van der Waals surface area contributed by atoms with Crippen LogP contribution in [-0.2, 0) is 17.6 Å². The van der Waals surface area contributed by atoms with Crippen molar-refractivity contribution in [3.8, 4) is 5.75 Å². The van der Waals surface area contributed by atoms with E-state index < -0.39 is 11.9 Å². The predicted octanol–water partition coefficient (Wildman–Crippen LogP) is 3.90. The number of nitrogens with two attached hydrogens (primary N) is 1. The Hall–Kier alpha value is -2.90. The molecular weight excluding hydrogens is 410 g/mol. The molecule has 3 aromatic rings. The summed E-state index contributed by atoms with van der Waals surface area (Å²) in [5.74, 6) is -0.628. The number of fused-ring (bicyclic) bond motifs is 1. The van der Waals surface area contributed by atoms with E-state index in [1.807, 2.05) is 36.4 Å². The Morgan fingerprint density at radius 3 is 2.84 bits per heavy atom. The van der Waals surface area contributed by atoms with Gasteiger partial charge < -0.3 is 20.9 Å². The quantitative estimate of drug-likeness (QED) is 0.316. The van der Waals surface area contributed by atoms with Gasteiger partial charge in [-0.15, -0.1) is 11.3 Å². The van der Waals surface area contributed by atoms with E-state index >= 15 is 0 Å². The molecule has 162 valence electrons.